The summed E-state index contributed by atoms with van der Waals surface area (Å²) >= 11 is 0. The molecule has 2 aliphatic rings. The highest BCUT2D eigenvalue weighted by Crippen LogP contribution is 2.43. The predicted molar refractivity (Wildman–Crippen MR) is 136 cm³/mol. The number of unbranched alkanes of at least 4 members (excludes halogenated alkanes) is 1. The molecule has 1 fully saturated rings. The molecule has 0 radical (unpaired) electrons. The van der Waals surface area contributed by atoms with Crippen LogP contribution in [0.15, 0.2) is 42.0 Å². The normalized spacial score (nSPS) is 18.2. The van der Waals surface area contributed by atoms with E-state index in [4.69, 9.17) is 23.7 Å². The number of fused-ring (bicyclic) bond motifs is 1. The lowest BCUT2D eigenvalue weighted by molar-refractivity contribution is -0.140. The van der Waals surface area contributed by atoms with Crippen LogP contribution in [0.25, 0.3) is 5.76 Å². The first-order valence-corrected chi connectivity index (χ1v) is 12.5. The lowest BCUT2D eigenvalue weighted by Gasteiger charge is -2.26. The zero-order valence-corrected chi connectivity index (χ0v) is 21.5. The van der Waals surface area contributed by atoms with Crippen LogP contribution < -0.4 is 18.9 Å². The summed E-state index contributed by atoms with van der Waals surface area (Å²) in [6.45, 7) is 4.14. The van der Waals surface area contributed by atoms with Gasteiger partial charge in [0, 0.05) is 25.8 Å². The van der Waals surface area contributed by atoms with Crippen LogP contribution in [0.2, 0.25) is 0 Å². The number of amides is 1. The van der Waals surface area contributed by atoms with Gasteiger partial charge in [-0.2, -0.15) is 0 Å². The lowest BCUT2D eigenvalue weighted by Crippen LogP contribution is -2.31. The third kappa shape index (κ3) is 5.51. The van der Waals surface area contributed by atoms with Crippen molar-refractivity contribution in [2.45, 2.75) is 32.2 Å². The minimum absolute atomic E-state index is 0.000740. The Morgan fingerprint density at radius 2 is 1.78 bits per heavy atom. The van der Waals surface area contributed by atoms with E-state index in [1.165, 1.54) is 12.0 Å². The first-order valence-electron chi connectivity index (χ1n) is 12.5. The topological polar surface area (TPSA) is 104 Å². The fraction of sp³-hybridized carbons (Fsp3) is 0.429. The number of hydrogen-bond acceptors (Lipinski definition) is 8. The number of nitrogens with zero attached hydrogens (tertiary/aromatic N) is 1. The molecule has 0 aliphatic carbocycles. The zero-order chi connectivity index (χ0) is 26.4. The maximum Gasteiger partial charge on any atom is 0.295 e. The van der Waals surface area contributed by atoms with E-state index in [1.807, 2.05) is 0 Å². The van der Waals surface area contributed by atoms with Gasteiger partial charge in [0.25, 0.3) is 11.7 Å². The van der Waals surface area contributed by atoms with Crippen LogP contribution in [0.5, 0.6) is 23.0 Å². The average Bonchev–Trinajstić information content (AvgIpc) is 3.17. The Labute approximate surface area is 216 Å². The molecule has 0 aromatic heterocycles. The van der Waals surface area contributed by atoms with Gasteiger partial charge in [-0.3, -0.25) is 9.59 Å². The van der Waals surface area contributed by atoms with E-state index in [0.717, 1.165) is 12.8 Å². The highest BCUT2D eigenvalue weighted by atomic mass is 16.6. The molecule has 2 heterocycles. The maximum absolute atomic E-state index is 13.3. The first kappa shape index (κ1) is 26.3. The molecule has 198 valence electrons. The van der Waals surface area contributed by atoms with Gasteiger partial charge in [-0.25, -0.2) is 0 Å². The van der Waals surface area contributed by atoms with Gasteiger partial charge in [-0.1, -0.05) is 19.4 Å². The van der Waals surface area contributed by atoms with Crippen molar-refractivity contribution in [3.8, 4) is 23.0 Å². The molecular weight excluding hydrogens is 478 g/mol. The van der Waals surface area contributed by atoms with Crippen molar-refractivity contribution in [2.75, 3.05) is 47.2 Å². The average molecular weight is 512 g/mol. The van der Waals surface area contributed by atoms with Gasteiger partial charge in [0.15, 0.2) is 23.0 Å². The lowest BCUT2D eigenvalue weighted by atomic mass is 9.94. The van der Waals surface area contributed by atoms with E-state index in [-0.39, 0.29) is 17.9 Å². The number of ketones is 1. The summed E-state index contributed by atoms with van der Waals surface area (Å²) in [7, 11) is 3.12. The predicted octanol–water partition coefficient (Wildman–Crippen LogP) is 4.10. The first-order chi connectivity index (χ1) is 18.0. The van der Waals surface area contributed by atoms with E-state index in [2.05, 4.69) is 6.92 Å². The van der Waals surface area contributed by atoms with Crippen molar-refractivity contribution in [1.82, 2.24) is 4.90 Å². The number of hydrogen-bond donors (Lipinski definition) is 1. The quantitative estimate of drug-likeness (QED) is 0.208. The van der Waals surface area contributed by atoms with Crippen molar-refractivity contribution in [2.24, 2.45) is 0 Å². The number of Topliss-reactive ketones (excluding diaryl/α,β-unsaturated/α-hetero) is 1. The Balaban J connectivity index is 1.78. The summed E-state index contributed by atoms with van der Waals surface area (Å²) in [6.07, 6.45) is 2.43. The van der Waals surface area contributed by atoms with E-state index >= 15 is 0 Å². The van der Waals surface area contributed by atoms with E-state index in [1.54, 1.807) is 43.5 Å². The van der Waals surface area contributed by atoms with E-state index < -0.39 is 17.7 Å². The molecule has 1 amide bonds. The van der Waals surface area contributed by atoms with Crippen LogP contribution in [0, 0.1) is 0 Å². The fourth-order valence-corrected chi connectivity index (χ4v) is 4.48. The minimum Gasteiger partial charge on any atom is -0.507 e. The Kier molecular flexibility index (Phi) is 8.55. The molecule has 2 aromatic carbocycles. The summed E-state index contributed by atoms with van der Waals surface area (Å²) in [5.41, 5.74) is 0.979. The number of ether oxygens (including phenoxy) is 5. The van der Waals surface area contributed by atoms with Crippen molar-refractivity contribution < 1.29 is 38.4 Å². The highest BCUT2D eigenvalue weighted by Gasteiger charge is 2.46. The van der Waals surface area contributed by atoms with Crippen LogP contribution in [0.4, 0.5) is 0 Å². The van der Waals surface area contributed by atoms with E-state index in [0.29, 0.717) is 67.0 Å². The number of aliphatic hydroxyl groups is 1. The summed E-state index contributed by atoms with van der Waals surface area (Å²) in [5.74, 6) is 0.369. The second-order valence-electron chi connectivity index (χ2n) is 8.81. The Hall–Kier alpha value is -3.72. The van der Waals surface area contributed by atoms with E-state index in [9.17, 15) is 14.7 Å². The second kappa shape index (κ2) is 12.0. The SMILES string of the molecule is CCCCOc1ccc([C@@H]2C(=C(O)c3ccc4c(c3)OCCO4)C(=O)C(=O)N2CCCOC)cc1OC. The van der Waals surface area contributed by atoms with Crippen molar-refractivity contribution >= 4 is 17.4 Å². The number of benzene rings is 2. The van der Waals surface area contributed by atoms with Gasteiger partial charge in [0.05, 0.1) is 25.3 Å². The molecule has 2 aromatic rings. The third-order valence-electron chi connectivity index (χ3n) is 6.36. The smallest absolute Gasteiger partial charge is 0.295 e. The number of rotatable bonds is 11. The molecule has 9 heteroatoms. The molecule has 1 saturated heterocycles. The summed E-state index contributed by atoms with van der Waals surface area (Å²) < 4.78 is 27.8. The number of aliphatic hydroxyl groups excluding tert-OH is 1. The number of likely N-dealkylation sites (tertiary alicyclic amines) is 1. The summed E-state index contributed by atoms with van der Waals surface area (Å²) in [4.78, 5) is 27.9. The fourth-order valence-electron chi connectivity index (χ4n) is 4.48. The Morgan fingerprint density at radius 3 is 2.51 bits per heavy atom. The monoisotopic (exact) mass is 511 g/mol. The minimum atomic E-state index is -0.816. The van der Waals surface area contributed by atoms with Crippen LogP contribution in [-0.2, 0) is 14.3 Å². The summed E-state index contributed by atoms with van der Waals surface area (Å²) in [5, 5.41) is 11.4. The Morgan fingerprint density at radius 1 is 1.00 bits per heavy atom. The van der Waals surface area contributed by atoms with Crippen LogP contribution in [0.1, 0.15) is 43.4 Å². The molecule has 2 aliphatic heterocycles. The van der Waals surface area contributed by atoms with Gasteiger partial charge >= 0.3 is 0 Å². The van der Waals surface area contributed by atoms with Crippen molar-refractivity contribution in [3.63, 3.8) is 0 Å². The molecule has 0 saturated carbocycles. The molecule has 0 spiro atoms. The molecule has 37 heavy (non-hydrogen) atoms. The van der Waals surface area contributed by atoms with Gasteiger partial charge in [0.1, 0.15) is 19.0 Å². The number of methoxy groups -OCH3 is 2. The Bertz CT molecular complexity index is 1170. The molecule has 1 N–H and O–H groups in total. The van der Waals surface area contributed by atoms with Crippen molar-refractivity contribution in [3.05, 3.63) is 53.1 Å². The van der Waals surface area contributed by atoms with Crippen LogP contribution >= 0.6 is 0 Å². The highest BCUT2D eigenvalue weighted by molar-refractivity contribution is 6.46. The molecular formula is C28H33NO8. The second-order valence-corrected chi connectivity index (χ2v) is 8.81. The zero-order valence-electron chi connectivity index (χ0n) is 21.5. The van der Waals surface area contributed by atoms with Gasteiger partial charge < -0.3 is 33.7 Å². The largest absolute Gasteiger partial charge is 0.507 e. The molecule has 4 rings (SSSR count). The molecule has 1 atom stereocenters. The molecule has 9 nitrogen and oxygen atoms in total. The van der Waals surface area contributed by atoms with Gasteiger partial charge in [0.2, 0.25) is 0 Å². The molecule has 0 unspecified atom stereocenters. The van der Waals surface area contributed by atoms with Crippen LogP contribution in [0.3, 0.4) is 0 Å². The maximum atomic E-state index is 13.3. The van der Waals surface area contributed by atoms with Gasteiger partial charge in [-0.05, 0) is 48.7 Å². The number of carbonyl (C=O) groups is 2. The number of carbonyl (C=O) groups excluding carboxylic acids is 2. The van der Waals surface area contributed by atoms with Crippen LogP contribution in [-0.4, -0.2) is 68.9 Å². The standard InChI is InChI=1S/C28H33NO8/c1-4-5-13-35-20-9-7-18(16-22(20)34-3)25-24(27(31)28(32)29(25)11-6-12-33-2)26(30)19-8-10-21-23(17-19)37-15-14-36-21/h7-10,16-17,25,30H,4-6,11-15H2,1-3H3/t25-/m1/s1. The molecule has 0 bridgehead atoms. The third-order valence-corrected chi connectivity index (χ3v) is 6.36. The van der Waals surface area contributed by atoms with Gasteiger partial charge in [-0.15, -0.1) is 0 Å². The summed E-state index contributed by atoms with van der Waals surface area (Å²) in [6, 6.07) is 9.43. The van der Waals surface area contributed by atoms with Crippen molar-refractivity contribution in [1.29, 1.82) is 0 Å².